The van der Waals surface area contributed by atoms with Gasteiger partial charge in [0.25, 0.3) is 5.91 Å². The Morgan fingerprint density at radius 1 is 1.18 bits per heavy atom. The highest BCUT2D eigenvalue weighted by Crippen LogP contribution is 2.25. The minimum atomic E-state index is -0.509. The van der Waals surface area contributed by atoms with E-state index in [0.717, 1.165) is 11.3 Å². The number of halogens is 1. The van der Waals surface area contributed by atoms with Crippen LogP contribution in [-0.4, -0.2) is 55.7 Å². The number of nitriles is 1. The zero-order valence-electron chi connectivity index (χ0n) is 18.6. The average Bonchev–Trinajstić information content (AvgIpc) is 3.30. The molecule has 8 nitrogen and oxygen atoms in total. The number of carbonyl (C=O) groups excluding carboxylic acids is 1. The van der Waals surface area contributed by atoms with E-state index in [1.807, 2.05) is 35.2 Å². The number of rotatable bonds is 7. The van der Waals surface area contributed by atoms with Crippen molar-refractivity contribution in [1.29, 1.82) is 5.26 Å². The Morgan fingerprint density at radius 3 is 2.71 bits per heavy atom. The van der Waals surface area contributed by atoms with Gasteiger partial charge >= 0.3 is 0 Å². The molecule has 2 heterocycles. The molecule has 4 rings (SSSR count). The van der Waals surface area contributed by atoms with Crippen LogP contribution in [0.4, 0.5) is 10.3 Å². The van der Waals surface area contributed by atoms with Crippen LogP contribution >= 0.6 is 0 Å². The molecule has 0 bridgehead atoms. The molecule has 1 aromatic heterocycles. The van der Waals surface area contributed by atoms with Gasteiger partial charge in [-0.15, -0.1) is 0 Å². The molecule has 9 heteroatoms. The van der Waals surface area contributed by atoms with E-state index in [2.05, 4.69) is 11.1 Å². The molecule has 2 aromatic carbocycles. The van der Waals surface area contributed by atoms with E-state index >= 15 is 0 Å². The molecule has 0 saturated carbocycles. The maximum Gasteiger partial charge on any atom is 0.260 e. The Morgan fingerprint density at radius 2 is 1.97 bits per heavy atom. The molecule has 0 N–H and O–H groups in total. The average molecular weight is 462 g/mol. The van der Waals surface area contributed by atoms with Crippen molar-refractivity contribution >= 4 is 23.9 Å². The second-order valence-corrected chi connectivity index (χ2v) is 7.51. The minimum absolute atomic E-state index is 0.0457. The number of methoxy groups -OCH3 is 1. The summed E-state index contributed by atoms with van der Waals surface area (Å²) in [5.74, 6) is 0.728. The Bertz CT molecular complexity index is 1230. The van der Waals surface area contributed by atoms with E-state index in [-0.39, 0.29) is 24.0 Å². The Labute approximate surface area is 196 Å². The SMILES string of the molecule is COc1cccc(/C=C/c2nc(C#N)c(N3CCN(C(=O)COc4ccccc4F)CC3)o2)c1. The molecule has 0 radical (unpaired) electrons. The zero-order chi connectivity index (χ0) is 23.9. The molecule has 3 aromatic rings. The van der Waals surface area contributed by atoms with E-state index in [9.17, 15) is 14.4 Å². The highest BCUT2D eigenvalue weighted by Gasteiger charge is 2.26. The smallest absolute Gasteiger partial charge is 0.260 e. The van der Waals surface area contributed by atoms with Crippen LogP contribution in [0.15, 0.2) is 52.9 Å². The lowest BCUT2D eigenvalue weighted by Crippen LogP contribution is -2.50. The third-order valence-electron chi connectivity index (χ3n) is 5.35. The van der Waals surface area contributed by atoms with Gasteiger partial charge in [-0.25, -0.2) is 4.39 Å². The standard InChI is InChI=1S/C25H23FN4O4/c1-32-19-6-4-5-18(15-19)9-10-23-28-21(16-27)25(34-23)30-13-11-29(12-14-30)24(31)17-33-22-8-3-2-7-20(22)26/h2-10,15H,11-14,17H2,1H3/b10-9+. The fraction of sp³-hybridized carbons (Fsp3) is 0.240. The molecule has 1 amide bonds. The van der Waals surface area contributed by atoms with E-state index in [4.69, 9.17) is 13.9 Å². The lowest BCUT2D eigenvalue weighted by atomic mass is 10.2. The van der Waals surface area contributed by atoms with Crippen molar-refractivity contribution in [3.63, 3.8) is 0 Å². The lowest BCUT2D eigenvalue weighted by Gasteiger charge is -2.34. The summed E-state index contributed by atoms with van der Waals surface area (Å²) in [5, 5.41) is 9.51. The van der Waals surface area contributed by atoms with Crippen molar-refractivity contribution in [2.75, 3.05) is 44.8 Å². The fourth-order valence-electron chi connectivity index (χ4n) is 3.55. The number of nitrogens with zero attached hydrogens (tertiary/aromatic N) is 4. The number of hydrogen-bond acceptors (Lipinski definition) is 7. The molecule has 0 unspecified atom stereocenters. The summed E-state index contributed by atoms with van der Waals surface area (Å²) in [6, 6.07) is 15.6. The quantitative estimate of drug-likeness (QED) is 0.530. The van der Waals surface area contributed by atoms with Gasteiger partial charge in [0.15, 0.2) is 18.2 Å². The zero-order valence-corrected chi connectivity index (χ0v) is 18.6. The second kappa shape index (κ2) is 10.5. The van der Waals surface area contributed by atoms with Crippen molar-refractivity contribution in [2.24, 2.45) is 0 Å². The predicted molar refractivity (Wildman–Crippen MR) is 124 cm³/mol. The van der Waals surface area contributed by atoms with Crippen LogP contribution in [0.3, 0.4) is 0 Å². The van der Waals surface area contributed by atoms with Gasteiger partial charge in [-0.2, -0.15) is 10.2 Å². The largest absolute Gasteiger partial charge is 0.497 e. The molecule has 1 aliphatic rings. The number of para-hydroxylation sites is 1. The number of piperazine rings is 1. The first-order valence-electron chi connectivity index (χ1n) is 10.7. The molecular weight excluding hydrogens is 439 g/mol. The van der Waals surface area contributed by atoms with Gasteiger partial charge in [0.2, 0.25) is 17.5 Å². The highest BCUT2D eigenvalue weighted by atomic mass is 19.1. The maximum atomic E-state index is 13.7. The van der Waals surface area contributed by atoms with Gasteiger partial charge in [0.1, 0.15) is 11.8 Å². The number of oxazole rings is 1. The van der Waals surface area contributed by atoms with Gasteiger partial charge in [-0.05, 0) is 35.9 Å². The summed E-state index contributed by atoms with van der Waals surface area (Å²) in [7, 11) is 1.60. The first-order chi connectivity index (χ1) is 16.6. The number of anilines is 1. The van der Waals surface area contributed by atoms with Crippen LogP contribution in [0.1, 0.15) is 17.1 Å². The van der Waals surface area contributed by atoms with Gasteiger partial charge < -0.3 is 23.7 Å². The maximum absolute atomic E-state index is 13.7. The number of ether oxygens (including phenoxy) is 2. The second-order valence-electron chi connectivity index (χ2n) is 7.51. The molecular formula is C25H23FN4O4. The topological polar surface area (TPSA) is 91.8 Å². The molecule has 0 aliphatic carbocycles. The summed E-state index contributed by atoms with van der Waals surface area (Å²) in [6.07, 6.45) is 3.52. The van der Waals surface area contributed by atoms with E-state index in [1.54, 1.807) is 30.2 Å². The third kappa shape index (κ3) is 5.35. The summed E-state index contributed by atoms with van der Waals surface area (Å²) in [5.41, 5.74) is 1.09. The fourth-order valence-corrected chi connectivity index (χ4v) is 3.55. The molecule has 34 heavy (non-hydrogen) atoms. The predicted octanol–water partition coefficient (Wildman–Crippen LogP) is 3.59. The lowest BCUT2D eigenvalue weighted by molar-refractivity contribution is -0.133. The van der Waals surface area contributed by atoms with Crippen molar-refractivity contribution in [3.05, 3.63) is 71.5 Å². The number of amides is 1. The monoisotopic (exact) mass is 462 g/mol. The normalized spacial score (nSPS) is 13.7. The Hall–Kier alpha value is -4.32. The molecule has 1 saturated heterocycles. The molecule has 174 valence electrons. The van der Waals surface area contributed by atoms with Gasteiger partial charge in [0.05, 0.1) is 7.11 Å². The van der Waals surface area contributed by atoms with Crippen LogP contribution in [0, 0.1) is 17.1 Å². The minimum Gasteiger partial charge on any atom is -0.497 e. The van der Waals surface area contributed by atoms with Gasteiger partial charge in [-0.3, -0.25) is 4.79 Å². The van der Waals surface area contributed by atoms with Crippen LogP contribution in [0.2, 0.25) is 0 Å². The Kier molecular flexibility index (Phi) is 7.08. The molecule has 0 spiro atoms. The van der Waals surface area contributed by atoms with E-state index in [0.29, 0.717) is 38.0 Å². The summed E-state index contributed by atoms with van der Waals surface area (Å²) >= 11 is 0. The van der Waals surface area contributed by atoms with Crippen molar-refractivity contribution < 1.29 is 23.1 Å². The summed E-state index contributed by atoms with van der Waals surface area (Å²) in [4.78, 5) is 20.3. The van der Waals surface area contributed by atoms with Crippen LogP contribution in [-0.2, 0) is 4.79 Å². The molecule has 1 aliphatic heterocycles. The van der Waals surface area contributed by atoms with Crippen LogP contribution in [0.25, 0.3) is 12.2 Å². The van der Waals surface area contributed by atoms with Crippen LogP contribution in [0.5, 0.6) is 11.5 Å². The Balaban J connectivity index is 1.36. The first-order valence-corrected chi connectivity index (χ1v) is 10.7. The van der Waals surface area contributed by atoms with Crippen molar-refractivity contribution in [3.8, 4) is 17.6 Å². The first kappa shape index (κ1) is 22.9. The number of carbonyl (C=O) groups is 1. The van der Waals surface area contributed by atoms with Gasteiger partial charge in [0, 0.05) is 32.3 Å². The highest BCUT2D eigenvalue weighted by molar-refractivity contribution is 5.78. The molecule has 1 fully saturated rings. The van der Waals surface area contributed by atoms with Crippen molar-refractivity contribution in [1.82, 2.24) is 9.88 Å². The van der Waals surface area contributed by atoms with E-state index < -0.39 is 5.82 Å². The number of hydrogen-bond donors (Lipinski definition) is 0. The van der Waals surface area contributed by atoms with Crippen LogP contribution < -0.4 is 14.4 Å². The number of aromatic nitrogens is 1. The van der Waals surface area contributed by atoms with Crippen molar-refractivity contribution in [2.45, 2.75) is 0 Å². The number of benzene rings is 2. The van der Waals surface area contributed by atoms with Gasteiger partial charge in [-0.1, -0.05) is 24.3 Å². The summed E-state index contributed by atoms with van der Waals surface area (Å²) in [6.45, 7) is 1.52. The summed E-state index contributed by atoms with van der Waals surface area (Å²) < 4.78 is 30.0. The van der Waals surface area contributed by atoms with E-state index in [1.165, 1.54) is 12.1 Å². The molecule has 0 atom stereocenters. The third-order valence-corrected chi connectivity index (χ3v) is 5.35.